The molecule has 6 nitrogen and oxygen atoms in total. The first kappa shape index (κ1) is 21.7. The molecule has 2 aromatic carbocycles. The molecule has 0 atom stereocenters. The standard InChI is InChI=1S/C23H24N2O4/c1-4-5-12-25-22(26)19(15-24)13-17-8-11-20(21(14-17)28-3)29-23(27)18-9-6-16(2)7-10-18/h6-11,13-14H,4-5,12H2,1-3H3,(H,25,26)/b19-13+. The number of nitriles is 1. The molecule has 0 saturated heterocycles. The van der Waals surface area contributed by atoms with Crippen molar-refractivity contribution in [3.8, 4) is 17.6 Å². The van der Waals surface area contributed by atoms with Crippen LogP contribution in [0.1, 0.15) is 41.3 Å². The van der Waals surface area contributed by atoms with Crippen LogP contribution in [0, 0.1) is 18.3 Å². The monoisotopic (exact) mass is 392 g/mol. The number of unbranched alkanes of at least 4 members (excludes halogenated alkanes) is 1. The zero-order chi connectivity index (χ0) is 21.2. The second kappa shape index (κ2) is 10.7. The van der Waals surface area contributed by atoms with Crippen LogP contribution in [0.25, 0.3) is 6.08 Å². The Morgan fingerprint density at radius 2 is 1.86 bits per heavy atom. The van der Waals surface area contributed by atoms with Gasteiger partial charge in [-0.05, 0) is 49.2 Å². The second-order valence-corrected chi connectivity index (χ2v) is 6.45. The number of carbonyl (C=O) groups excluding carboxylic acids is 2. The van der Waals surface area contributed by atoms with Gasteiger partial charge in [0.1, 0.15) is 11.6 Å². The van der Waals surface area contributed by atoms with E-state index in [0.29, 0.717) is 23.4 Å². The number of carbonyl (C=O) groups is 2. The molecule has 0 aliphatic rings. The number of hydrogen-bond donors (Lipinski definition) is 1. The lowest BCUT2D eigenvalue weighted by molar-refractivity contribution is -0.117. The van der Waals surface area contributed by atoms with E-state index in [1.54, 1.807) is 30.3 Å². The molecule has 0 saturated carbocycles. The Bertz CT molecular complexity index is 940. The minimum atomic E-state index is -0.500. The number of hydrogen-bond acceptors (Lipinski definition) is 5. The van der Waals surface area contributed by atoms with Gasteiger partial charge in [-0.1, -0.05) is 37.1 Å². The van der Waals surface area contributed by atoms with E-state index in [4.69, 9.17) is 9.47 Å². The zero-order valence-electron chi connectivity index (χ0n) is 16.8. The highest BCUT2D eigenvalue weighted by molar-refractivity contribution is 6.01. The topological polar surface area (TPSA) is 88.4 Å². The quantitative estimate of drug-likeness (QED) is 0.241. The fourth-order valence-corrected chi connectivity index (χ4v) is 2.50. The zero-order valence-corrected chi connectivity index (χ0v) is 16.8. The molecule has 150 valence electrons. The summed E-state index contributed by atoms with van der Waals surface area (Å²) in [6.07, 6.45) is 3.26. The summed E-state index contributed by atoms with van der Waals surface area (Å²) in [6, 6.07) is 13.8. The van der Waals surface area contributed by atoms with E-state index >= 15 is 0 Å². The van der Waals surface area contributed by atoms with E-state index in [2.05, 4.69) is 5.32 Å². The highest BCUT2D eigenvalue weighted by Crippen LogP contribution is 2.29. The van der Waals surface area contributed by atoms with Gasteiger partial charge >= 0.3 is 5.97 Å². The summed E-state index contributed by atoms with van der Waals surface area (Å²) in [7, 11) is 1.45. The molecule has 6 heteroatoms. The van der Waals surface area contributed by atoms with Crippen molar-refractivity contribution in [3.63, 3.8) is 0 Å². The number of nitrogens with one attached hydrogen (secondary N) is 1. The van der Waals surface area contributed by atoms with Crippen molar-refractivity contribution < 1.29 is 19.1 Å². The lowest BCUT2D eigenvalue weighted by atomic mass is 10.1. The van der Waals surface area contributed by atoms with Crippen LogP contribution in [-0.4, -0.2) is 25.5 Å². The molecule has 0 spiro atoms. The normalized spacial score (nSPS) is 10.8. The van der Waals surface area contributed by atoms with Gasteiger partial charge in [0.15, 0.2) is 11.5 Å². The molecule has 2 aromatic rings. The highest BCUT2D eigenvalue weighted by Gasteiger charge is 2.14. The van der Waals surface area contributed by atoms with Gasteiger partial charge in [0.25, 0.3) is 5.91 Å². The van der Waals surface area contributed by atoms with Crippen LogP contribution in [0.4, 0.5) is 0 Å². The fraction of sp³-hybridized carbons (Fsp3) is 0.261. The van der Waals surface area contributed by atoms with Crippen LogP contribution in [0.15, 0.2) is 48.0 Å². The van der Waals surface area contributed by atoms with Gasteiger partial charge in [-0.3, -0.25) is 4.79 Å². The van der Waals surface area contributed by atoms with Gasteiger partial charge in [-0.25, -0.2) is 4.79 Å². The Balaban J connectivity index is 2.18. The van der Waals surface area contributed by atoms with Crippen LogP contribution >= 0.6 is 0 Å². The SMILES string of the molecule is CCCCNC(=O)/C(C#N)=C/c1ccc(OC(=O)c2ccc(C)cc2)c(OC)c1. The Kier molecular flexibility index (Phi) is 7.99. The molecular weight excluding hydrogens is 368 g/mol. The Morgan fingerprint density at radius 1 is 1.14 bits per heavy atom. The minimum absolute atomic E-state index is 0.00689. The van der Waals surface area contributed by atoms with E-state index in [9.17, 15) is 14.9 Å². The van der Waals surface area contributed by atoms with Crippen LogP contribution < -0.4 is 14.8 Å². The molecule has 0 aliphatic heterocycles. The summed E-state index contributed by atoms with van der Waals surface area (Å²) in [4.78, 5) is 24.4. The maximum Gasteiger partial charge on any atom is 0.343 e. The molecule has 0 fully saturated rings. The minimum Gasteiger partial charge on any atom is -0.493 e. The van der Waals surface area contributed by atoms with E-state index in [0.717, 1.165) is 18.4 Å². The molecule has 0 heterocycles. The predicted molar refractivity (Wildman–Crippen MR) is 111 cm³/mol. The van der Waals surface area contributed by atoms with E-state index in [1.807, 2.05) is 32.0 Å². The fourth-order valence-electron chi connectivity index (χ4n) is 2.50. The summed E-state index contributed by atoms with van der Waals surface area (Å²) in [5.41, 5.74) is 2.05. The van der Waals surface area contributed by atoms with Crippen molar-refractivity contribution in [1.82, 2.24) is 5.32 Å². The van der Waals surface area contributed by atoms with Crippen LogP contribution in [-0.2, 0) is 4.79 Å². The molecule has 29 heavy (non-hydrogen) atoms. The molecule has 0 aliphatic carbocycles. The number of benzene rings is 2. The smallest absolute Gasteiger partial charge is 0.343 e. The Morgan fingerprint density at radius 3 is 2.48 bits per heavy atom. The molecule has 0 radical (unpaired) electrons. The van der Waals surface area contributed by atoms with Crippen molar-refractivity contribution >= 4 is 18.0 Å². The molecular formula is C23H24N2O4. The number of methoxy groups -OCH3 is 1. The molecule has 0 aromatic heterocycles. The highest BCUT2D eigenvalue weighted by atomic mass is 16.6. The molecule has 0 bridgehead atoms. The van der Waals surface area contributed by atoms with Crippen molar-refractivity contribution in [2.24, 2.45) is 0 Å². The second-order valence-electron chi connectivity index (χ2n) is 6.45. The number of amides is 1. The van der Waals surface area contributed by atoms with Gasteiger partial charge in [-0.15, -0.1) is 0 Å². The number of esters is 1. The third-order valence-corrected chi connectivity index (χ3v) is 4.17. The van der Waals surface area contributed by atoms with Crippen molar-refractivity contribution in [1.29, 1.82) is 5.26 Å². The molecule has 1 amide bonds. The van der Waals surface area contributed by atoms with Gasteiger partial charge in [0, 0.05) is 6.54 Å². The summed E-state index contributed by atoms with van der Waals surface area (Å²) in [5.74, 6) is -0.349. The Hall–Kier alpha value is -3.59. The summed E-state index contributed by atoms with van der Waals surface area (Å²) in [6.45, 7) is 4.47. The summed E-state index contributed by atoms with van der Waals surface area (Å²) in [5, 5.41) is 12.0. The number of rotatable bonds is 8. The lowest BCUT2D eigenvalue weighted by Crippen LogP contribution is -2.25. The molecule has 2 rings (SSSR count). The molecule has 1 N–H and O–H groups in total. The van der Waals surface area contributed by atoms with Crippen molar-refractivity contribution in [2.45, 2.75) is 26.7 Å². The maximum absolute atomic E-state index is 12.3. The average Bonchev–Trinajstić information content (AvgIpc) is 2.73. The first-order valence-electron chi connectivity index (χ1n) is 9.35. The predicted octanol–water partition coefficient (Wildman–Crippen LogP) is 4.05. The summed E-state index contributed by atoms with van der Waals surface area (Å²) >= 11 is 0. The van der Waals surface area contributed by atoms with E-state index in [-0.39, 0.29) is 11.3 Å². The first-order valence-corrected chi connectivity index (χ1v) is 9.35. The van der Waals surface area contributed by atoms with Crippen molar-refractivity contribution in [2.75, 3.05) is 13.7 Å². The van der Waals surface area contributed by atoms with Gasteiger partial charge < -0.3 is 14.8 Å². The van der Waals surface area contributed by atoms with Crippen LogP contribution in [0.3, 0.4) is 0 Å². The Labute approximate surface area is 170 Å². The average molecular weight is 392 g/mol. The maximum atomic E-state index is 12.3. The molecule has 0 unspecified atom stereocenters. The van der Waals surface area contributed by atoms with Crippen LogP contribution in [0.2, 0.25) is 0 Å². The number of aryl methyl sites for hydroxylation is 1. The third-order valence-electron chi connectivity index (χ3n) is 4.17. The first-order chi connectivity index (χ1) is 14.0. The summed E-state index contributed by atoms with van der Waals surface area (Å²) < 4.78 is 10.7. The van der Waals surface area contributed by atoms with Crippen molar-refractivity contribution in [3.05, 3.63) is 64.7 Å². The lowest BCUT2D eigenvalue weighted by Gasteiger charge is -2.10. The van der Waals surface area contributed by atoms with Gasteiger partial charge in [-0.2, -0.15) is 5.26 Å². The van der Waals surface area contributed by atoms with Gasteiger partial charge in [0.05, 0.1) is 12.7 Å². The van der Waals surface area contributed by atoms with Crippen LogP contribution in [0.5, 0.6) is 11.5 Å². The van der Waals surface area contributed by atoms with E-state index < -0.39 is 11.9 Å². The number of nitrogens with zero attached hydrogens (tertiary/aromatic N) is 1. The van der Waals surface area contributed by atoms with E-state index in [1.165, 1.54) is 13.2 Å². The largest absolute Gasteiger partial charge is 0.493 e. The third kappa shape index (κ3) is 6.22. The number of ether oxygens (including phenoxy) is 2. The van der Waals surface area contributed by atoms with Gasteiger partial charge in [0.2, 0.25) is 0 Å².